The van der Waals surface area contributed by atoms with E-state index in [1.807, 2.05) is 36.4 Å². The summed E-state index contributed by atoms with van der Waals surface area (Å²) in [5, 5.41) is 2.01. The van der Waals surface area contributed by atoms with Crippen molar-refractivity contribution in [3.05, 3.63) is 58.8 Å². The standard InChI is InChI=1S/C15H12BrN3S/c16-11-5-6-14(10(7-11)8-17)20-15-12-3-1-2-4-13(12)18-9-19-15/h1-7,9H,8,17H2. The Kier molecular flexibility index (Phi) is 4.00. The average molecular weight is 346 g/mol. The third-order valence-corrected chi connectivity index (χ3v) is 4.59. The molecule has 20 heavy (non-hydrogen) atoms. The number of benzene rings is 2. The van der Waals surface area contributed by atoms with Crippen LogP contribution in [0.15, 0.2) is 63.2 Å². The van der Waals surface area contributed by atoms with E-state index in [2.05, 4.69) is 32.0 Å². The number of fused-ring (bicyclic) bond motifs is 1. The van der Waals surface area contributed by atoms with Gasteiger partial charge in [-0.25, -0.2) is 9.97 Å². The maximum Gasteiger partial charge on any atom is 0.117 e. The molecule has 0 aliphatic heterocycles. The third kappa shape index (κ3) is 2.70. The summed E-state index contributed by atoms with van der Waals surface area (Å²) in [5.74, 6) is 0. The second kappa shape index (κ2) is 5.91. The molecular weight excluding hydrogens is 334 g/mol. The Bertz CT molecular complexity index is 756. The maximum absolute atomic E-state index is 5.82. The molecule has 2 aromatic carbocycles. The van der Waals surface area contributed by atoms with Gasteiger partial charge in [-0.05, 0) is 29.8 Å². The average Bonchev–Trinajstić information content (AvgIpc) is 2.49. The van der Waals surface area contributed by atoms with Crippen LogP contribution < -0.4 is 5.73 Å². The highest BCUT2D eigenvalue weighted by atomic mass is 79.9. The van der Waals surface area contributed by atoms with Gasteiger partial charge in [0.2, 0.25) is 0 Å². The van der Waals surface area contributed by atoms with Crippen LogP contribution in [0.25, 0.3) is 10.9 Å². The fraction of sp³-hybridized carbons (Fsp3) is 0.0667. The van der Waals surface area contributed by atoms with E-state index in [-0.39, 0.29) is 0 Å². The zero-order valence-electron chi connectivity index (χ0n) is 10.6. The van der Waals surface area contributed by atoms with Crippen molar-refractivity contribution >= 4 is 38.6 Å². The number of hydrogen-bond donors (Lipinski definition) is 1. The molecule has 0 aliphatic rings. The Balaban J connectivity index is 2.05. The summed E-state index contributed by atoms with van der Waals surface area (Å²) >= 11 is 5.10. The summed E-state index contributed by atoms with van der Waals surface area (Å²) < 4.78 is 1.04. The topological polar surface area (TPSA) is 51.8 Å². The zero-order valence-corrected chi connectivity index (χ0v) is 13.0. The Labute approximate surface area is 129 Å². The summed E-state index contributed by atoms with van der Waals surface area (Å²) in [7, 11) is 0. The first kappa shape index (κ1) is 13.5. The van der Waals surface area contributed by atoms with Crippen molar-refractivity contribution in [3.63, 3.8) is 0 Å². The minimum atomic E-state index is 0.505. The lowest BCUT2D eigenvalue weighted by Crippen LogP contribution is -1.98. The Morgan fingerprint density at radius 1 is 1.10 bits per heavy atom. The predicted molar refractivity (Wildman–Crippen MR) is 85.7 cm³/mol. The Hall–Kier alpha value is -1.43. The third-order valence-electron chi connectivity index (χ3n) is 2.96. The molecule has 2 N–H and O–H groups in total. The lowest BCUT2D eigenvalue weighted by Gasteiger charge is -2.09. The second-order valence-corrected chi connectivity index (χ2v) is 6.20. The van der Waals surface area contributed by atoms with E-state index in [9.17, 15) is 0 Å². The number of rotatable bonds is 3. The van der Waals surface area contributed by atoms with Crippen molar-refractivity contribution in [2.24, 2.45) is 5.73 Å². The lowest BCUT2D eigenvalue weighted by molar-refractivity contribution is 1.02. The number of nitrogens with zero attached hydrogens (tertiary/aromatic N) is 2. The van der Waals surface area contributed by atoms with Crippen LogP contribution in [0.5, 0.6) is 0 Å². The van der Waals surface area contributed by atoms with Crippen LogP contribution in [-0.2, 0) is 6.54 Å². The Morgan fingerprint density at radius 2 is 1.95 bits per heavy atom. The summed E-state index contributed by atoms with van der Waals surface area (Å²) in [5.41, 5.74) is 7.88. The van der Waals surface area contributed by atoms with Crippen molar-refractivity contribution in [3.8, 4) is 0 Å². The van der Waals surface area contributed by atoms with E-state index in [4.69, 9.17) is 5.73 Å². The van der Waals surface area contributed by atoms with Crippen molar-refractivity contribution in [2.75, 3.05) is 0 Å². The van der Waals surface area contributed by atoms with Crippen molar-refractivity contribution < 1.29 is 0 Å². The molecule has 0 saturated heterocycles. The molecule has 0 atom stereocenters. The first-order valence-electron chi connectivity index (χ1n) is 6.14. The SMILES string of the molecule is NCc1cc(Br)ccc1Sc1ncnc2ccccc12. The highest BCUT2D eigenvalue weighted by molar-refractivity contribution is 9.10. The molecule has 3 aromatic rings. The summed E-state index contributed by atoms with van der Waals surface area (Å²) in [6.07, 6.45) is 1.60. The van der Waals surface area contributed by atoms with Gasteiger partial charge in [-0.1, -0.05) is 45.9 Å². The summed E-state index contributed by atoms with van der Waals surface area (Å²) in [6.45, 7) is 0.505. The number of aromatic nitrogens is 2. The lowest BCUT2D eigenvalue weighted by atomic mass is 10.2. The van der Waals surface area contributed by atoms with Gasteiger partial charge in [0.05, 0.1) is 5.52 Å². The molecule has 0 radical (unpaired) electrons. The molecule has 0 bridgehead atoms. The second-order valence-electron chi connectivity index (χ2n) is 4.25. The molecule has 1 aromatic heterocycles. The first-order valence-corrected chi connectivity index (χ1v) is 7.75. The van der Waals surface area contributed by atoms with Crippen LogP contribution in [0, 0.1) is 0 Å². The molecule has 0 unspecified atom stereocenters. The smallest absolute Gasteiger partial charge is 0.117 e. The van der Waals surface area contributed by atoms with Gasteiger partial charge in [0.1, 0.15) is 11.4 Å². The van der Waals surface area contributed by atoms with Gasteiger partial charge < -0.3 is 5.73 Å². The highest BCUT2D eigenvalue weighted by Crippen LogP contribution is 2.34. The van der Waals surface area contributed by atoms with E-state index in [1.54, 1.807) is 18.1 Å². The van der Waals surface area contributed by atoms with Crippen molar-refractivity contribution in [1.82, 2.24) is 9.97 Å². The van der Waals surface area contributed by atoms with Gasteiger partial charge in [-0.3, -0.25) is 0 Å². The largest absolute Gasteiger partial charge is 0.326 e. The van der Waals surface area contributed by atoms with E-state index >= 15 is 0 Å². The molecule has 3 rings (SSSR count). The molecular formula is C15H12BrN3S. The molecule has 0 fully saturated rings. The van der Waals surface area contributed by atoms with Crippen LogP contribution in [0.1, 0.15) is 5.56 Å². The van der Waals surface area contributed by atoms with Gasteiger partial charge >= 0.3 is 0 Å². The first-order chi connectivity index (χ1) is 9.78. The highest BCUT2D eigenvalue weighted by Gasteiger charge is 2.08. The van der Waals surface area contributed by atoms with Gasteiger partial charge in [0, 0.05) is 21.3 Å². The number of hydrogen-bond acceptors (Lipinski definition) is 4. The minimum absolute atomic E-state index is 0.505. The van der Waals surface area contributed by atoms with Gasteiger partial charge in [-0.2, -0.15) is 0 Å². The van der Waals surface area contributed by atoms with Crippen LogP contribution in [-0.4, -0.2) is 9.97 Å². The van der Waals surface area contributed by atoms with E-state index < -0.39 is 0 Å². The predicted octanol–water partition coefficient (Wildman–Crippen LogP) is 4.00. The number of para-hydroxylation sites is 1. The fourth-order valence-electron chi connectivity index (χ4n) is 1.97. The van der Waals surface area contributed by atoms with Gasteiger partial charge in [-0.15, -0.1) is 0 Å². The number of nitrogens with two attached hydrogens (primary N) is 1. The minimum Gasteiger partial charge on any atom is -0.326 e. The molecule has 0 aliphatic carbocycles. The van der Waals surface area contributed by atoms with Crippen molar-refractivity contribution in [1.29, 1.82) is 0 Å². The van der Waals surface area contributed by atoms with Crippen LogP contribution >= 0.6 is 27.7 Å². The number of halogens is 1. The quantitative estimate of drug-likeness (QED) is 0.729. The molecule has 1 heterocycles. The van der Waals surface area contributed by atoms with Crippen LogP contribution in [0.2, 0.25) is 0 Å². The van der Waals surface area contributed by atoms with Crippen LogP contribution in [0.4, 0.5) is 0 Å². The fourth-order valence-corrected chi connectivity index (χ4v) is 3.38. The molecule has 5 heteroatoms. The molecule has 0 spiro atoms. The van der Waals surface area contributed by atoms with E-state index in [0.29, 0.717) is 6.54 Å². The Morgan fingerprint density at radius 3 is 2.80 bits per heavy atom. The molecule has 100 valence electrons. The summed E-state index contributed by atoms with van der Waals surface area (Å²) in [4.78, 5) is 9.81. The van der Waals surface area contributed by atoms with Gasteiger partial charge in [0.15, 0.2) is 0 Å². The normalized spacial score (nSPS) is 10.9. The van der Waals surface area contributed by atoms with Crippen LogP contribution in [0.3, 0.4) is 0 Å². The van der Waals surface area contributed by atoms with E-state index in [1.165, 1.54) is 0 Å². The molecule has 3 nitrogen and oxygen atoms in total. The van der Waals surface area contributed by atoms with E-state index in [0.717, 1.165) is 30.9 Å². The molecule has 0 saturated carbocycles. The monoisotopic (exact) mass is 345 g/mol. The maximum atomic E-state index is 5.82. The zero-order chi connectivity index (χ0) is 13.9. The van der Waals surface area contributed by atoms with Crippen molar-refractivity contribution in [2.45, 2.75) is 16.5 Å². The molecule has 0 amide bonds. The van der Waals surface area contributed by atoms with Gasteiger partial charge in [0.25, 0.3) is 0 Å². The summed E-state index contributed by atoms with van der Waals surface area (Å²) in [6, 6.07) is 14.1.